The molecule has 118 valence electrons. The first-order chi connectivity index (χ1) is 9.36. The van der Waals surface area contributed by atoms with Crippen LogP contribution < -0.4 is 11.1 Å². The van der Waals surface area contributed by atoms with Crippen molar-refractivity contribution in [3.63, 3.8) is 0 Å². The van der Waals surface area contributed by atoms with Crippen LogP contribution in [0.15, 0.2) is 18.3 Å². The number of carbonyl (C=O) groups is 1. The lowest BCUT2D eigenvalue weighted by Gasteiger charge is -2.30. The number of hydrogen-bond donors (Lipinski definition) is 2. The fourth-order valence-electron chi connectivity index (χ4n) is 2.42. The molecular formula is C13H17ClF3N3O. The zero-order valence-corrected chi connectivity index (χ0v) is 12.0. The van der Waals surface area contributed by atoms with Crippen LogP contribution in [0.1, 0.15) is 36.2 Å². The number of nitrogens with two attached hydrogens (primary N) is 1. The maximum absolute atomic E-state index is 12.7. The number of nitrogen functional groups attached to an aromatic ring is 1. The van der Waals surface area contributed by atoms with Crippen molar-refractivity contribution >= 4 is 24.0 Å². The average molecular weight is 324 g/mol. The summed E-state index contributed by atoms with van der Waals surface area (Å²) in [6.45, 7) is 0. The number of nitrogens with one attached hydrogen (secondary N) is 1. The van der Waals surface area contributed by atoms with Crippen molar-refractivity contribution in [2.45, 2.75) is 37.9 Å². The van der Waals surface area contributed by atoms with Crippen LogP contribution in [0.2, 0.25) is 0 Å². The number of amides is 1. The van der Waals surface area contributed by atoms with Gasteiger partial charge in [-0.25, -0.2) is 4.98 Å². The minimum atomic E-state index is -4.19. The molecule has 1 fully saturated rings. The van der Waals surface area contributed by atoms with E-state index < -0.39 is 24.0 Å². The van der Waals surface area contributed by atoms with E-state index in [9.17, 15) is 18.0 Å². The van der Waals surface area contributed by atoms with Crippen molar-refractivity contribution < 1.29 is 18.0 Å². The zero-order chi connectivity index (χ0) is 14.8. The van der Waals surface area contributed by atoms with Gasteiger partial charge >= 0.3 is 6.18 Å². The highest BCUT2D eigenvalue weighted by molar-refractivity contribution is 5.92. The number of rotatable bonds is 2. The van der Waals surface area contributed by atoms with Crippen molar-refractivity contribution in [1.29, 1.82) is 0 Å². The van der Waals surface area contributed by atoms with Crippen molar-refractivity contribution in [3.8, 4) is 0 Å². The van der Waals surface area contributed by atoms with E-state index in [0.29, 0.717) is 18.5 Å². The van der Waals surface area contributed by atoms with Gasteiger partial charge in [0.25, 0.3) is 5.91 Å². The van der Waals surface area contributed by atoms with Gasteiger partial charge in [-0.15, -0.1) is 12.4 Å². The van der Waals surface area contributed by atoms with E-state index in [4.69, 9.17) is 5.73 Å². The molecule has 1 aliphatic carbocycles. The largest absolute Gasteiger partial charge is 0.397 e. The Balaban J connectivity index is 0.00000220. The standard InChI is InChI=1S/C13H16F3N3O.ClH/c14-13(15,16)8-2-1-3-10(6-8)19-12(20)11-5-4-9(17)7-18-11;/h4-5,7-8,10H,1-3,6,17H2,(H,19,20);1H. The summed E-state index contributed by atoms with van der Waals surface area (Å²) in [5, 5.41) is 2.61. The molecule has 8 heteroatoms. The van der Waals surface area contributed by atoms with Gasteiger partial charge in [0.1, 0.15) is 5.69 Å². The fraction of sp³-hybridized carbons (Fsp3) is 0.538. The molecule has 0 aliphatic heterocycles. The summed E-state index contributed by atoms with van der Waals surface area (Å²) in [6, 6.07) is 2.53. The second-order valence-electron chi connectivity index (χ2n) is 5.05. The Morgan fingerprint density at radius 1 is 1.33 bits per heavy atom. The van der Waals surface area contributed by atoms with Crippen LogP contribution in [0.25, 0.3) is 0 Å². The Morgan fingerprint density at radius 3 is 2.62 bits per heavy atom. The summed E-state index contributed by atoms with van der Waals surface area (Å²) in [5.74, 6) is -1.79. The molecule has 3 N–H and O–H groups in total. The van der Waals surface area contributed by atoms with Gasteiger partial charge in [0.05, 0.1) is 17.8 Å². The topological polar surface area (TPSA) is 68.0 Å². The molecule has 1 heterocycles. The first kappa shape index (κ1) is 17.6. The van der Waals surface area contributed by atoms with Gasteiger partial charge in [-0.3, -0.25) is 4.79 Å². The molecule has 1 amide bonds. The average Bonchev–Trinajstić information content (AvgIpc) is 2.38. The molecule has 21 heavy (non-hydrogen) atoms. The van der Waals surface area contributed by atoms with Crippen LogP contribution in [0, 0.1) is 5.92 Å². The minimum absolute atomic E-state index is 0. The first-order valence-corrected chi connectivity index (χ1v) is 6.45. The molecule has 0 saturated heterocycles. The number of alkyl halides is 3. The predicted molar refractivity (Wildman–Crippen MR) is 75.2 cm³/mol. The second kappa shape index (κ2) is 6.98. The molecule has 2 atom stereocenters. The normalized spacial score (nSPS) is 22.2. The van der Waals surface area contributed by atoms with Crippen LogP contribution in [0.5, 0.6) is 0 Å². The van der Waals surface area contributed by atoms with Crippen LogP contribution >= 0.6 is 12.4 Å². The quantitative estimate of drug-likeness (QED) is 0.879. The molecule has 2 unspecified atom stereocenters. The molecule has 1 aromatic heterocycles. The molecule has 2 rings (SSSR count). The SMILES string of the molecule is Cl.Nc1ccc(C(=O)NC2CCCC(C(F)(F)F)C2)nc1. The highest BCUT2D eigenvalue weighted by Crippen LogP contribution is 2.37. The van der Waals surface area contributed by atoms with E-state index in [1.807, 2.05) is 0 Å². The van der Waals surface area contributed by atoms with E-state index in [1.54, 1.807) is 0 Å². The molecule has 0 spiro atoms. The van der Waals surface area contributed by atoms with E-state index in [-0.39, 0.29) is 30.9 Å². The van der Waals surface area contributed by atoms with E-state index in [0.717, 1.165) is 0 Å². The number of carbonyl (C=O) groups excluding carboxylic acids is 1. The van der Waals surface area contributed by atoms with Crippen molar-refractivity contribution in [2.75, 3.05) is 5.73 Å². The summed E-state index contributed by atoms with van der Waals surface area (Å²) in [4.78, 5) is 15.7. The summed E-state index contributed by atoms with van der Waals surface area (Å²) >= 11 is 0. The third-order valence-electron chi connectivity index (χ3n) is 3.49. The third kappa shape index (κ3) is 4.77. The smallest absolute Gasteiger partial charge is 0.391 e. The van der Waals surface area contributed by atoms with Crippen molar-refractivity contribution in [1.82, 2.24) is 10.3 Å². The Bertz CT molecular complexity index is 479. The fourth-order valence-corrected chi connectivity index (χ4v) is 2.42. The van der Waals surface area contributed by atoms with E-state index in [2.05, 4.69) is 10.3 Å². The molecule has 1 aromatic rings. The maximum atomic E-state index is 12.7. The molecule has 4 nitrogen and oxygen atoms in total. The van der Waals surface area contributed by atoms with Gasteiger partial charge in [-0.05, 0) is 31.4 Å². The predicted octanol–water partition coefficient (Wildman–Crippen LogP) is 2.94. The van der Waals surface area contributed by atoms with Gasteiger partial charge in [-0.2, -0.15) is 13.2 Å². The number of hydrogen-bond acceptors (Lipinski definition) is 3. The van der Waals surface area contributed by atoms with Crippen LogP contribution in [-0.4, -0.2) is 23.1 Å². The van der Waals surface area contributed by atoms with Gasteiger partial charge < -0.3 is 11.1 Å². The molecule has 0 aromatic carbocycles. The number of halogens is 4. The Hall–Kier alpha value is -1.50. The lowest BCUT2D eigenvalue weighted by Crippen LogP contribution is -2.41. The summed E-state index contributed by atoms with van der Waals surface area (Å²) < 4.78 is 38.0. The lowest BCUT2D eigenvalue weighted by molar-refractivity contribution is -0.183. The second-order valence-corrected chi connectivity index (χ2v) is 5.05. The van der Waals surface area contributed by atoms with Crippen molar-refractivity contribution in [2.24, 2.45) is 5.92 Å². The summed E-state index contributed by atoms with van der Waals surface area (Å²) in [7, 11) is 0. The molecule has 0 bridgehead atoms. The van der Waals surface area contributed by atoms with Gasteiger partial charge in [0.15, 0.2) is 0 Å². The van der Waals surface area contributed by atoms with Gasteiger partial charge in [-0.1, -0.05) is 6.42 Å². The maximum Gasteiger partial charge on any atom is 0.391 e. The first-order valence-electron chi connectivity index (χ1n) is 6.45. The monoisotopic (exact) mass is 323 g/mol. The van der Waals surface area contributed by atoms with Crippen LogP contribution in [0.4, 0.5) is 18.9 Å². The Morgan fingerprint density at radius 2 is 2.05 bits per heavy atom. The summed E-state index contributed by atoms with van der Waals surface area (Å²) in [6.07, 6.45) is -1.76. The van der Waals surface area contributed by atoms with Crippen LogP contribution in [-0.2, 0) is 0 Å². The van der Waals surface area contributed by atoms with Crippen molar-refractivity contribution in [3.05, 3.63) is 24.0 Å². The molecule has 1 saturated carbocycles. The van der Waals surface area contributed by atoms with Crippen LogP contribution in [0.3, 0.4) is 0 Å². The zero-order valence-electron chi connectivity index (χ0n) is 11.2. The van der Waals surface area contributed by atoms with Gasteiger partial charge in [0.2, 0.25) is 0 Å². The van der Waals surface area contributed by atoms with E-state index >= 15 is 0 Å². The summed E-state index contributed by atoms with van der Waals surface area (Å²) in [5.41, 5.74) is 6.05. The molecular weight excluding hydrogens is 307 g/mol. The van der Waals surface area contributed by atoms with E-state index in [1.165, 1.54) is 18.3 Å². The Kier molecular flexibility index (Phi) is 5.83. The highest BCUT2D eigenvalue weighted by atomic mass is 35.5. The number of pyridine rings is 1. The minimum Gasteiger partial charge on any atom is -0.397 e. The number of nitrogens with zero attached hydrogens (tertiary/aromatic N) is 1. The molecule has 1 aliphatic rings. The van der Waals surface area contributed by atoms with Gasteiger partial charge in [0, 0.05) is 6.04 Å². The lowest BCUT2D eigenvalue weighted by atomic mass is 9.85. The third-order valence-corrected chi connectivity index (χ3v) is 3.49. The highest BCUT2D eigenvalue weighted by Gasteiger charge is 2.42. The number of anilines is 1. The number of aromatic nitrogens is 1. The molecule has 0 radical (unpaired) electrons. The Labute approximate surface area is 126 Å².